The van der Waals surface area contributed by atoms with Gasteiger partial charge in [-0.15, -0.1) is 10.2 Å². The van der Waals surface area contributed by atoms with E-state index in [1.54, 1.807) is 48.0 Å². The number of nitrogens with one attached hydrogen (secondary N) is 2. The van der Waals surface area contributed by atoms with Crippen molar-refractivity contribution in [3.05, 3.63) is 83.9 Å². The molecule has 0 aliphatic carbocycles. The lowest BCUT2D eigenvalue weighted by Crippen LogP contribution is -2.30. The predicted molar refractivity (Wildman–Crippen MR) is 123 cm³/mol. The van der Waals surface area contributed by atoms with E-state index in [2.05, 4.69) is 25.9 Å². The summed E-state index contributed by atoms with van der Waals surface area (Å²) >= 11 is 0. The second kappa shape index (κ2) is 9.47. The summed E-state index contributed by atoms with van der Waals surface area (Å²) in [6, 6.07) is 18.7. The highest BCUT2D eigenvalue weighted by molar-refractivity contribution is 5.94. The largest absolute Gasteiger partial charge is 0.478 e. The number of aromatic nitrogens is 4. The summed E-state index contributed by atoms with van der Waals surface area (Å²) in [5, 5.41) is 18.7. The third-order valence-electron chi connectivity index (χ3n) is 4.81. The topological polar surface area (TPSA) is 94.0 Å². The summed E-state index contributed by atoms with van der Waals surface area (Å²) < 4.78 is 20.9. The van der Waals surface area contributed by atoms with Crippen LogP contribution in [0.25, 0.3) is 5.82 Å². The van der Waals surface area contributed by atoms with Crippen LogP contribution in [0.1, 0.15) is 18.3 Å². The van der Waals surface area contributed by atoms with Gasteiger partial charge in [0.2, 0.25) is 0 Å². The highest BCUT2D eigenvalue weighted by Crippen LogP contribution is 2.20. The van der Waals surface area contributed by atoms with E-state index in [4.69, 9.17) is 4.74 Å². The van der Waals surface area contributed by atoms with E-state index in [0.29, 0.717) is 17.3 Å². The molecule has 4 rings (SSSR count). The summed E-state index contributed by atoms with van der Waals surface area (Å²) in [4.78, 5) is 12.4. The van der Waals surface area contributed by atoms with E-state index < -0.39 is 11.9 Å². The molecule has 1 unspecified atom stereocenters. The molecule has 168 valence electrons. The number of ether oxygens (including phenoxy) is 1. The van der Waals surface area contributed by atoms with Gasteiger partial charge in [0.25, 0.3) is 5.91 Å². The third-order valence-corrected chi connectivity index (χ3v) is 4.81. The Bertz CT molecular complexity index is 1250. The van der Waals surface area contributed by atoms with Crippen LogP contribution in [-0.2, 0) is 4.79 Å². The van der Waals surface area contributed by atoms with Gasteiger partial charge in [0.15, 0.2) is 29.3 Å². The molecule has 0 aliphatic heterocycles. The average Bonchev–Trinajstić information content (AvgIpc) is 3.15. The van der Waals surface area contributed by atoms with Crippen molar-refractivity contribution in [2.45, 2.75) is 26.9 Å². The van der Waals surface area contributed by atoms with Gasteiger partial charge in [0.1, 0.15) is 0 Å². The van der Waals surface area contributed by atoms with Crippen molar-refractivity contribution in [2.24, 2.45) is 0 Å². The lowest BCUT2D eigenvalue weighted by atomic mass is 10.2. The van der Waals surface area contributed by atoms with Crippen LogP contribution in [0.4, 0.5) is 21.6 Å². The molecule has 8 nitrogen and oxygen atoms in total. The second-order valence-corrected chi connectivity index (χ2v) is 7.50. The van der Waals surface area contributed by atoms with Gasteiger partial charge in [-0.1, -0.05) is 12.1 Å². The molecule has 0 aliphatic rings. The Morgan fingerprint density at radius 2 is 1.73 bits per heavy atom. The minimum atomic E-state index is -0.865. The number of hydrogen-bond acceptors (Lipinski definition) is 6. The fraction of sp³-hybridized carbons (Fsp3) is 0.167. The van der Waals surface area contributed by atoms with Crippen molar-refractivity contribution in [1.82, 2.24) is 20.0 Å². The van der Waals surface area contributed by atoms with Crippen molar-refractivity contribution in [2.75, 3.05) is 10.6 Å². The van der Waals surface area contributed by atoms with E-state index in [0.717, 1.165) is 17.1 Å². The summed E-state index contributed by atoms with van der Waals surface area (Å²) in [5.74, 6) is 0.340. The lowest BCUT2D eigenvalue weighted by molar-refractivity contribution is -0.122. The molecule has 33 heavy (non-hydrogen) atoms. The SMILES string of the molecule is Cc1cc(C)n(-c2ccc(Nc3ccc(NC(=O)C(C)Oc4ccccc4F)cc3)nn2)n1. The first kappa shape index (κ1) is 21.9. The number of anilines is 3. The number of nitrogens with zero attached hydrogens (tertiary/aromatic N) is 4. The van der Waals surface area contributed by atoms with Gasteiger partial charge in [-0.05, 0) is 75.4 Å². The molecule has 1 amide bonds. The van der Waals surface area contributed by atoms with Crippen molar-refractivity contribution >= 4 is 23.1 Å². The Morgan fingerprint density at radius 1 is 1.00 bits per heavy atom. The number of halogens is 1. The minimum Gasteiger partial charge on any atom is -0.478 e. The quantitative estimate of drug-likeness (QED) is 0.432. The number of benzene rings is 2. The number of rotatable bonds is 7. The molecule has 0 spiro atoms. The molecular weight excluding hydrogens is 423 g/mol. The van der Waals surface area contributed by atoms with Crippen LogP contribution in [-0.4, -0.2) is 32.0 Å². The molecule has 0 bridgehead atoms. The number of hydrogen-bond donors (Lipinski definition) is 2. The second-order valence-electron chi connectivity index (χ2n) is 7.50. The Hall–Kier alpha value is -4.27. The first-order chi connectivity index (χ1) is 15.9. The van der Waals surface area contributed by atoms with Crippen LogP contribution in [0, 0.1) is 19.7 Å². The maximum absolute atomic E-state index is 13.7. The van der Waals surface area contributed by atoms with Gasteiger partial charge in [-0.3, -0.25) is 4.79 Å². The Balaban J connectivity index is 1.35. The Morgan fingerprint density at radius 3 is 2.36 bits per heavy atom. The van der Waals surface area contributed by atoms with Crippen LogP contribution in [0.15, 0.2) is 66.7 Å². The number of carbonyl (C=O) groups excluding carboxylic acids is 1. The molecule has 1 atom stereocenters. The lowest BCUT2D eigenvalue weighted by Gasteiger charge is -2.15. The Labute approximate surface area is 190 Å². The fourth-order valence-electron chi connectivity index (χ4n) is 3.18. The van der Waals surface area contributed by atoms with Gasteiger partial charge in [-0.25, -0.2) is 9.07 Å². The first-order valence-corrected chi connectivity index (χ1v) is 10.4. The van der Waals surface area contributed by atoms with Gasteiger partial charge in [-0.2, -0.15) is 5.10 Å². The molecule has 0 radical (unpaired) electrons. The maximum Gasteiger partial charge on any atom is 0.265 e. The van der Waals surface area contributed by atoms with Gasteiger partial charge < -0.3 is 15.4 Å². The molecule has 2 N–H and O–H groups in total. The average molecular weight is 446 g/mol. The zero-order chi connectivity index (χ0) is 23.4. The standard InChI is InChI=1S/C24H23FN6O2/c1-15-14-16(2)31(30-15)23-13-12-22(28-29-23)26-18-8-10-19(11-9-18)27-24(32)17(3)33-21-7-5-4-6-20(21)25/h4-14,17H,1-3H3,(H,26,28)(H,27,32). The summed E-state index contributed by atoms with van der Waals surface area (Å²) in [7, 11) is 0. The third kappa shape index (κ3) is 5.32. The van der Waals surface area contributed by atoms with Crippen LogP contribution in [0.2, 0.25) is 0 Å². The summed E-state index contributed by atoms with van der Waals surface area (Å²) in [5.41, 5.74) is 3.25. The zero-order valence-corrected chi connectivity index (χ0v) is 18.4. The highest BCUT2D eigenvalue weighted by atomic mass is 19.1. The summed E-state index contributed by atoms with van der Waals surface area (Å²) in [6.45, 7) is 5.45. The van der Waals surface area contributed by atoms with Crippen molar-refractivity contribution in [3.63, 3.8) is 0 Å². The van der Waals surface area contributed by atoms with Crippen molar-refractivity contribution < 1.29 is 13.9 Å². The molecule has 9 heteroatoms. The molecule has 0 fully saturated rings. The molecule has 4 aromatic rings. The molecule has 2 heterocycles. The van der Waals surface area contributed by atoms with Gasteiger partial charge in [0, 0.05) is 17.1 Å². The molecule has 2 aromatic heterocycles. The van der Waals surface area contributed by atoms with Crippen molar-refractivity contribution in [1.29, 1.82) is 0 Å². The fourth-order valence-corrected chi connectivity index (χ4v) is 3.18. The number of amides is 1. The van der Waals surface area contributed by atoms with E-state index >= 15 is 0 Å². The number of para-hydroxylation sites is 1. The Kier molecular flexibility index (Phi) is 6.30. The van der Waals surface area contributed by atoms with Gasteiger partial charge in [0.05, 0.1) is 5.69 Å². The monoisotopic (exact) mass is 446 g/mol. The van der Waals surface area contributed by atoms with Crippen molar-refractivity contribution in [3.8, 4) is 11.6 Å². The van der Waals surface area contributed by atoms with E-state index in [-0.39, 0.29) is 11.7 Å². The molecule has 2 aromatic carbocycles. The first-order valence-electron chi connectivity index (χ1n) is 10.4. The zero-order valence-electron chi connectivity index (χ0n) is 18.4. The van der Waals surface area contributed by atoms with Crippen LogP contribution in [0.5, 0.6) is 5.75 Å². The van der Waals surface area contributed by atoms with Gasteiger partial charge >= 0.3 is 0 Å². The van der Waals surface area contributed by atoms with E-state index in [1.165, 1.54) is 12.1 Å². The highest BCUT2D eigenvalue weighted by Gasteiger charge is 2.16. The number of carbonyl (C=O) groups is 1. The smallest absolute Gasteiger partial charge is 0.265 e. The minimum absolute atomic E-state index is 0.0321. The maximum atomic E-state index is 13.7. The molecule has 0 saturated heterocycles. The van der Waals surface area contributed by atoms with Crippen LogP contribution in [0.3, 0.4) is 0 Å². The molecular formula is C24H23FN6O2. The van der Waals surface area contributed by atoms with Crippen LogP contribution < -0.4 is 15.4 Å². The molecule has 0 saturated carbocycles. The summed E-state index contributed by atoms with van der Waals surface area (Å²) in [6.07, 6.45) is -0.865. The number of aryl methyl sites for hydroxylation is 2. The van der Waals surface area contributed by atoms with E-state index in [9.17, 15) is 9.18 Å². The van der Waals surface area contributed by atoms with E-state index in [1.807, 2.05) is 32.0 Å². The normalized spacial score (nSPS) is 11.6. The predicted octanol–water partition coefficient (Wildman–Crippen LogP) is 4.57. The van der Waals surface area contributed by atoms with Crippen LogP contribution >= 0.6 is 0 Å².